The highest BCUT2D eigenvalue weighted by molar-refractivity contribution is 6.33. The van der Waals surface area contributed by atoms with Crippen molar-refractivity contribution >= 4 is 28.9 Å². The zero-order chi connectivity index (χ0) is 13.8. The Hall–Kier alpha value is -2.20. The van der Waals surface area contributed by atoms with E-state index in [0.717, 1.165) is 5.56 Å². The van der Waals surface area contributed by atoms with Gasteiger partial charge in [-0.15, -0.1) is 0 Å². The Labute approximate surface area is 115 Å². The van der Waals surface area contributed by atoms with Gasteiger partial charge in [0, 0.05) is 11.3 Å². The molecule has 2 N–H and O–H groups in total. The van der Waals surface area contributed by atoms with Crippen LogP contribution in [0, 0.1) is 12.5 Å². The minimum absolute atomic E-state index is 0.199. The van der Waals surface area contributed by atoms with Gasteiger partial charge in [0.15, 0.2) is 0 Å². The van der Waals surface area contributed by atoms with Crippen LogP contribution >= 0.6 is 11.6 Å². The average molecular weight is 274 g/mol. The number of carbonyl (C=O) groups is 1. The number of rotatable bonds is 3. The number of hydrogen-bond donors (Lipinski definition) is 2. The molecule has 0 aliphatic rings. The number of benzene rings is 2. The monoisotopic (exact) mass is 273 g/mol. The van der Waals surface area contributed by atoms with E-state index in [2.05, 4.69) is 10.4 Å². The molecule has 0 heterocycles. The van der Waals surface area contributed by atoms with Gasteiger partial charge in [0.1, 0.15) is 5.69 Å². The largest absolute Gasteiger partial charge is 0.322 e. The molecule has 0 atom stereocenters. The van der Waals surface area contributed by atoms with Crippen LogP contribution in [-0.2, 0) is 0 Å². The summed E-state index contributed by atoms with van der Waals surface area (Å²) in [6, 6.07) is 12.2. The van der Waals surface area contributed by atoms with Crippen molar-refractivity contribution in [3.63, 3.8) is 0 Å². The molecule has 0 fully saturated rings. The molecule has 4 nitrogen and oxygen atoms in total. The second-order valence-corrected chi connectivity index (χ2v) is 4.46. The van der Waals surface area contributed by atoms with E-state index >= 15 is 0 Å². The first-order chi connectivity index (χ1) is 9.11. The number of nitrogens with one attached hydrogen (secondary N) is 2. The van der Waals surface area contributed by atoms with Crippen LogP contribution in [0.5, 0.6) is 0 Å². The van der Waals surface area contributed by atoms with Gasteiger partial charge in [-0.05, 0) is 36.8 Å². The summed E-state index contributed by atoms with van der Waals surface area (Å²) >= 11 is 5.97. The normalized spacial score (nSPS) is 10.0. The van der Waals surface area contributed by atoms with Gasteiger partial charge in [0.2, 0.25) is 0 Å². The minimum atomic E-state index is -0.199. The Morgan fingerprint density at radius 1 is 1.26 bits per heavy atom. The lowest BCUT2D eigenvalue weighted by molar-refractivity contribution is 0.102. The molecule has 19 heavy (non-hydrogen) atoms. The first kappa shape index (κ1) is 13.2. The molecule has 0 aliphatic carbocycles. The summed E-state index contributed by atoms with van der Waals surface area (Å²) in [4.78, 5) is 12.0. The molecule has 0 saturated heterocycles. The maximum atomic E-state index is 12.0. The van der Waals surface area contributed by atoms with Crippen LogP contribution in [-0.4, -0.2) is 5.91 Å². The molecule has 0 aromatic heterocycles. The molecular formula is C14H12ClN3O. The lowest BCUT2D eigenvalue weighted by Gasteiger charge is -2.10. The van der Waals surface area contributed by atoms with E-state index in [9.17, 15) is 4.79 Å². The van der Waals surface area contributed by atoms with Crippen LogP contribution in [0.25, 0.3) is 0 Å². The van der Waals surface area contributed by atoms with Crippen LogP contribution in [0.2, 0.25) is 5.02 Å². The van der Waals surface area contributed by atoms with Crippen LogP contribution in [0.3, 0.4) is 0 Å². The topological polar surface area (TPSA) is 65.3 Å². The Balaban J connectivity index is 2.27. The maximum absolute atomic E-state index is 12.0. The summed E-state index contributed by atoms with van der Waals surface area (Å²) < 4.78 is 0. The molecule has 2 aromatic rings. The van der Waals surface area contributed by atoms with Crippen molar-refractivity contribution in [2.45, 2.75) is 6.92 Å². The van der Waals surface area contributed by atoms with E-state index in [1.807, 2.05) is 13.0 Å². The Bertz CT molecular complexity index is 626. The summed E-state index contributed by atoms with van der Waals surface area (Å²) in [5.41, 5.74) is 9.37. The minimum Gasteiger partial charge on any atom is -0.322 e. The molecule has 0 radical (unpaired) electrons. The number of anilines is 1. The standard InChI is InChI=1S/C14H12ClN3O/c1-9-7-13(18-16)11(15)8-12(9)17-14(19)10-5-3-2-4-6-10/h2-8,16H,1H3,(H,17,19). The van der Waals surface area contributed by atoms with Crippen molar-refractivity contribution in [2.75, 3.05) is 5.32 Å². The molecule has 5 heteroatoms. The van der Waals surface area contributed by atoms with E-state index in [4.69, 9.17) is 17.1 Å². The fourth-order valence-corrected chi connectivity index (χ4v) is 1.88. The first-order valence-corrected chi connectivity index (χ1v) is 6.03. The second-order valence-electron chi connectivity index (χ2n) is 4.05. The predicted octanol–water partition coefficient (Wildman–Crippen LogP) is 4.56. The van der Waals surface area contributed by atoms with Crippen molar-refractivity contribution < 1.29 is 4.79 Å². The van der Waals surface area contributed by atoms with Gasteiger partial charge in [0.05, 0.1) is 5.02 Å². The highest BCUT2D eigenvalue weighted by atomic mass is 35.5. The second kappa shape index (κ2) is 5.63. The average Bonchev–Trinajstić information content (AvgIpc) is 2.43. The molecule has 2 aromatic carbocycles. The number of nitrogens with zero attached hydrogens (tertiary/aromatic N) is 1. The smallest absolute Gasteiger partial charge is 0.255 e. The van der Waals surface area contributed by atoms with Gasteiger partial charge < -0.3 is 5.32 Å². The zero-order valence-corrected chi connectivity index (χ0v) is 11.0. The lowest BCUT2D eigenvalue weighted by Crippen LogP contribution is -2.12. The fourth-order valence-electron chi connectivity index (χ4n) is 1.67. The fraction of sp³-hybridized carbons (Fsp3) is 0.0714. The third kappa shape index (κ3) is 2.98. The molecule has 96 valence electrons. The molecule has 1 amide bonds. The first-order valence-electron chi connectivity index (χ1n) is 5.66. The third-order valence-corrected chi connectivity index (χ3v) is 3.00. The van der Waals surface area contributed by atoms with E-state index in [-0.39, 0.29) is 5.91 Å². The molecule has 2 rings (SSSR count). The highest BCUT2D eigenvalue weighted by Crippen LogP contribution is 2.31. The van der Waals surface area contributed by atoms with E-state index in [1.54, 1.807) is 36.4 Å². The van der Waals surface area contributed by atoms with Crippen LogP contribution < -0.4 is 5.32 Å². The number of aryl methyl sites for hydroxylation is 1. The molecule has 0 saturated carbocycles. The number of hydrogen-bond acceptors (Lipinski definition) is 3. The SMILES string of the molecule is Cc1cc(N=N)c(Cl)cc1NC(=O)c1ccccc1. The molecule has 0 aliphatic heterocycles. The van der Waals surface area contributed by atoms with Gasteiger partial charge in [0.25, 0.3) is 5.91 Å². The van der Waals surface area contributed by atoms with Crippen molar-refractivity contribution in [2.24, 2.45) is 5.11 Å². The van der Waals surface area contributed by atoms with Gasteiger partial charge in [-0.3, -0.25) is 4.79 Å². The van der Waals surface area contributed by atoms with Gasteiger partial charge >= 0.3 is 0 Å². The molecule has 0 spiro atoms. The summed E-state index contributed by atoms with van der Waals surface area (Å²) in [6.45, 7) is 1.83. The van der Waals surface area contributed by atoms with Gasteiger partial charge in [-0.1, -0.05) is 29.8 Å². The van der Waals surface area contributed by atoms with Crippen molar-refractivity contribution in [1.29, 1.82) is 5.53 Å². The van der Waals surface area contributed by atoms with Crippen LogP contribution in [0.1, 0.15) is 15.9 Å². The number of carbonyl (C=O) groups excluding carboxylic acids is 1. The van der Waals surface area contributed by atoms with E-state index in [0.29, 0.717) is 22.0 Å². The quantitative estimate of drug-likeness (QED) is 0.791. The Morgan fingerprint density at radius 3 is 2.58 bits per heavy atom. The zero-order valence-electron chi connectivity index (χ0n) is 10.3. The number of amides is 1. The van der Waals surface area contributed by atoms with Crippen LogP contribution in [0.4, 0.5) is 11.4 Å². The Morgan fingerprint density at radius 2 is 1.95 bits per heavy atom. The van der Waals surface area contributed by atoms with E-state index in [1.165, 1.54) is 0 Å². The third-order valence-electron chi connectivity index (χ3n) is 2.70. The van der Waals surface area contributed by atoms with E-state index < -0.39 is 0 Å². The highest BCUT2D eigenvalue weighted by Gasteiger charge is 2.10. The molecule has 0 bridgehead atoms. The van der Waals surface area contributed by atoms with Crippen molar-refractivity contribution in [3.8, 4) is 0 Å². The predicted molar refractivity (Wildman–Crippen MR) is 75.4 cm³/mol. The Kier molecular flexibility index (Phi) is 3.92. The van der Waals surface area contributed by atoms with Crippen LogP contribution in [0.15, 0.2) is 47.6 Å². The van der Waals surface area contributed by atoms with Gasteiger partial charge in [-0.25, -0.2) is 5.53 Å². The summed E-state index contributed by atoms with van der Waals surface area (Å²) in [5.74, 6) is -0.199. The summed E-state index contributed by atoms with van der Waals surface area (Å²) in [7, 11) is 0. The van der Waals surface area contributed by atoms with Crippen molar-refractivity contribution in [1.82, 2.24) is 0 Å². The summed E-state index contributed by atoms with van der Waals surface area (Å²) in [6.07, 6.45) is 0. The molecule has 0 unspecified atom stereocenters. The van der Waals surface area contributed by atoms with Crippen molar-refractivity contribution in [3.05, 3.63) is 58.6 Å². The number of halogens is 1. The maximum Gasteiger partial charge on any atom is 0.255 e. The van der Waals surface area contributed by atoms with Gasteiger partial charge in [-0.2, -0.15) is 5.11 Å². The molecular weight excluding hydrogens is 262 g/mol. The lowest BCUT2D eigenvalue weighted by atomic mass is 10.1. The summed E-state index contributed by atoms with van der Waals surface area (Å²) in [5, 5.41) is 6.44.